The lowest BCUT2D eigenvalue weighted by atomic mass is 10.1. The van der Waals surface area contributed by atoms with E-state index in [-0.39, 0.29) is 10.8 Å². The van der Waals surface area contributed by atoms with Gasteiger partial charge in [0.05, 0.1) is 33.2 Å². The number of hydrogen-bond donors (Lipinski definition) is 1. The summed E-state index contributed by atoms with van der Waals surface area (Å²) in [5.41, 5.74) is 3.64. The number of para-hydroxylation sites is 1. The number of fused-ring (bicyclic) bond motifs is 2. The van der Waals surface area contributed by atoms with E-state index >= 15 is 0 Å². The van der Waals surface area contributed by atoms with E-state index < -0.39 is 10.0 Å². The number of pyridine rings is 1. The van der Waals surface area contributed by atoms with Gasteiger partial charge in [0.2, 0.25) is 10.0 Å². The molecule has 0 spiro atoms. The van der Waals surface area contributed by atoms with E-state index in [9.17, 15) is 13.2 Å². The fourth-order valence-corrected chi connectivity index (χ4v) is 6.24. The Balaban J connectivity index is 1.48. The Morgan fingerprint density at radius 1 is 0.943 bits per heavy atom. The summed E-state index contributed by atoms with van der Waals surface area (Å²) in [6, 6.07) is 18.3. The van der Waals surface area contributed by atoms with Crippen molar-refractivity contribution < 1.29 is 13.2 Å². The molecule has 0 unspecified atom stereocenters. The lowest BCUT2D eigenvalue weighted by Crippen LogP contribution is -2.36. The molecule has 182 valence electrons. The van der Waals surface area contributed by atoms with E-state index in [1.165, 1.54) is 0 Å². The number of hydrogen-bond acceptors (Lipinski definition) is 6. The number of benzene rings is 2. The number of amides is 1. The van der Waals surface area contributed by atoms with Crippen LogP contribution in [0.3, 0.4) is 0 Å². The van der Waals surface area contributed by atoms with Crippen molar-refractivity contribution in [3.63, 3.8) is 0 Å². The molecule has 2 aliphatic rings. The molecule has 8 nitrogen and oxygen atoms in total. The lowest BCUT2D eigenvalue weighted by molar-refractivity contribution is 0.0988. The summed E-state index contributed by atoms with van der Waals surface area (Å²) in [7, 11) is -1.71. The van der Waals surface area contributed by atoms with Gasteiger partial charge in [-0.15, -0.1) is 0 Å². The summed E-state index contributed by atoms with van der Waals surface area (Å²) in [6.45, 7) is 2.68. The first-order valence-electron chi connectivity index (χ1n) is 11.9. The minimum atomic E-state index is -3.58. The molecule has 1 amide bonds. The predicted molar refractivity (Wildman–Crippen MR) is 137 cm³/mol. The fourth-order valence-electron chi connectivity index (χ4n) is 4.70. The Kier molecular flexibility index (Phi) is 6.55. The van der Waals surface area contributed by atoms with Crippen molar-refractivity contribution >= 4 is 33.0 Å². The van der Waals surface area contributed by atoms with Gasteiger partial charge in [0.25, 0.3) is 5.91 Å². The van der Waals surface area contributed by atoms with Crippen LogP contribution in [0.25, 0.3) is 0 Å². The molecule has 2 aliphatic heterocycles. The van der Waals surface area contributed by atoms with Gasteiger partial charge in [-0.2, -0.15) is 4.31 Å². The first-order valence-corrected chi connectivity index (χ1v) is 13.3. The molecule has 3 heterocycles. The first kappa shape index (κ1) is 23.5. The highest BCUT2D eigenvalue weighted by Gasteiger charge is 2.32. The summed E-state index contributed by atoms with van der Waals surface area (Å²) in [6.07, 6.45) is 3.52. The van der Waals surface area contributed by atoms with Crippen LogP contribution in [0.4, 0.5) is 17.1 Å². The van der Waals surface area contributed by atoms with Gasteiger partial charge in [0.1, 0.15) is 0 Å². The smallest absolute Gasteiger partial charge is 0.260 e. The molecule has 35 heavy (non-hydrogen) atoms. The van der Waals surface area contributed by atoms with Crippen LogP contribution in [0, 0.1) is 0 Å². The monoisotopic (exact) mass is 491 g/mol. The normalized spacial score (nSPS) is 16.2. The highest BCUT2D eigenvalue weighted by atomic mass is 32.2. The first-order chi connectivity index (χ1) is 17.0. The van der Waals surface area contributed by atoms with E-state index in [4.69, 9.17) is 0 Å². The molecule has 1 fully saturated rings. The van der Waals surface area contributed by atoms with Crippen molar-refractivity contribution in [2.75, 3.05) is 43.0 Å². The molecule has 0 saturated carbocycles. The molecule has 1 N–H and O–H groups in total. The Morgan fingerprint density at radius 2 is 1.71 bits per heavy atom. The quantitative estimate of drug-likeness (QED) is 0.510. The minimum absolute atomic E-state index is 0.110. The van der Waals surface area contributed by atoms with E-state index in [0.717, 1.165) is 24.2 Å². The third-order valence-electron chi connectivity index (χ3n) is 6.59. The van der Waals surface area contributed by atoms with Gasteiger partial charge >= 0.3 is 0 Å². The van der Waals surface area contributed by atoms with Crippen molar-refractivity contribution in [2.45, 2.75) is 24.3 Å². The van der Waals surface area contributed by atoms with Gasteiger partial charge in [-0.1, -0.05) is 18.2 Å². The largest absolute Gasteiger partial charge is 0.342 e. The zero-order valence-electron chi connectivity index (χ0n) is 19.7. The maximum Gasteiger partial charge on any atom is 0.260 e. The molecule has 0 bridgehead atoms. The third kappa shape index (κ3) is 4.54. The van der Waals surface area contributed by atoms with Gasteiger partial charge in [0.15, 0.2) is 0 Å². The van der Waals surface area contributed by atoms with Crippen LogP contribution in [-0.2, 0) is 16.6 Å². The van der Waals surface area contributed by atoms with Crippen LogP contribution in [0.2, 0.25) is 0 Å². The van der Waals surface area contributed by atoms with Crippen molar-refractivity contribution in [2.24, 2.45) is 0 Å². The highest BCUT2D eigenvalue weighted by Crippen LogP contribution is 2.41. The van der Waals surface area contributed by atoms with Gasteiger partial charge in [-0.3, -0.25) is 9.78 Å². The molecular weight excluding hydrogens is 462 g/mol. The zero-order valence-corrected chi connectivity index (χ0v) is 20.5. The van der Waals surface area contributed by atoms with Crippen molar-refractivity contribution in [3.05, 3.63) is 78.1 Å². The van der Waals surface area contributed by atoms with Crippen LogP contribution in [0.5, 0.6) is 0 Å². The van der Waals surface area contributed by atoms with Crippen LogP contribution >= 0.6 is 0 Å². The van der Waals surface area contributed by atoms with Crippen molar-refractivity contribution in [1.82, 2.24) is 14.6 Å². The summed E-state index contributed by atoms with van der Waals surface area (Å²) >= 11 is 0. The predicted octanol–water partition coefficient (Wildman–Crippen LogP) is 3.38. The third-order valence-corrected chi connectivity index (χ3v) is 8.48. The van der Waals surface area contributed by atoms with Gasteiger partial charge in [-0.25, -0.2) is 8.42 Å². The molecule has 9 heteroatoms. The molecule has 0 aliphatic carbocycles. The molecule has 1 aromatic heterocycles. The van der Waals surface area contributed by atoms with Crippen molar-refractivity contribution in [3.8, 4) is 0 Å². The van der Waals surface area contributed by atoms with E-state index in [1.807, 2.05) is 54.4 Å². The SMILES string of the molecule is CN1c2ccccc2C(=O)N(CCNCc2ccccn2)c2ccc(S(=O)(=O)N3CCCC3)cc21. The second-order valence-corrected chi connectivity index (χ2v) is 10.7. The molecule has 3 aromatic rings. The maximum absolute atomic E-state index is 13.6. The van der Waals surface area contributed by atoms with Gasteiger partial charge in [-0.05, 0) is 55.3 Å². The summed E-state index contributed by atoms with van der Waals surface area (Å²) in [5, 5.41) is 3.36. The second-order valence-electron chi connectivity index (χ2n) is 8.79. The fraction of sp³-hybridized carbons (Fsp3) is 0.308. The number of aromatic nitrogens is 1. The van der Waals surface area contributed by atoms with E-state index in [1.54, 1.807) is 33.6 Å². The Hall–Kier alpha value is -3.27. The van der Waals surface area contributed by atoms with Crippen LogP contribution in [0.1, 0.15) is 28.9 Å². The average Bonchev–Trinajstić information content (AvgIpc) is 3.42. The Morgan fingerprint density at radius 3 is 2.49 bits per heavy atom. The van der Waals surface area contributed by atoms with Gasteiger partial charge < -0.3 is 15.1 Å². The summed E-state index contributed by atoms with van der Waals surface area (Å²) < 4.78 is 28.1. The van der Waals surface area contributed by atoms with Crippen LogP contribution in [-0.4, -0.2) is 56.8 Å². The lowest BCUT2D eigenvalue weighted by Gasteiger charge is -2.26. The summed E-state index contributed by atoms with van der Waals surface area (Å²) in [4.78, 5) is 21.9. The minimum Gasteiger partial charge on any atom is -0.342 e. The van der Waals surface area contributed by atoms with Crippen LogP contribution in [0.15, 0.2) is 71.8 Å². The number of carbonyl (C=O) groups is 1. The number of anilines is 3. The van der Waals surface area contributed by atoms with E-state index in [2.05, 4.69) is 10.3 Å². The topological polar surface area (TPSA) is 85.9 Å². The average molecular weight is 492 g/mol. The summed E-state index contributed by atoms with van der Waals surface area (Å²) in [5.74, 6) is -0.110. The second kappa shape index (κ2) is 9.77. The maximum atomic E-state index is 13.6. The molecule has 2 aromatic carbocycles. The van der Waals surface area contributed by atoms with Crippen LogP contribution < -0.4 is 15.1 Å². The number of nitrogens with one attached hydrogen (secondary N) is 1. The number of carbonyl (C=O) groups excluding carboxylic acids is 1. The highest BCUT2D eigenvalue weighted by molar-refractivity contribution is 7.89. The molecule has 0 radical (unpaired) electrons. The number of nitrogens with zero attached hydrogens (tertiary/aromatic N) is 4. The molecule has 5 rings (SSSR count). The number of rotatable bonds is 7. The van der Waals surface area contributed by atoms with Gasteiger partial charge in [0, 0.05) is 46.0 Å². The zero-order chi connectivity index (χ0) is 24.4. The Bertz CT molecular complexity index is 1320. The molecule has 0 atom stereocenters. The standard InChI is InChI=1S/C26H29N5O3S/c1-29-23-10-3-2-9-22(23)26(32)31(17-14-27-19-20-8-4-5-13-28-20)24-12-11-21(18-25(24)29)35(33,34)30-15-6-7-16-30/h2-5,8-13,18,27H,6-7,14-17,19H2,1H3. The molecule has 1 saturated heterocycles. The molecular formula is C26H29N5O3S. The Labute approximate surface area is 206 Å². The number of sulfonamides is 1. The van der Waals surface area contributed by atoms with E-state index in [0.29, 0.717) is 49.7 Å². The van der Waals surface area contributed by atoms with Crippen molar-refractivity contribution in [1.29, 1.82) is 0 Å².